The molecule has 2 aromatic rings. The lowest BCUT2D eigenvalue weighted by Gasteiger charge is -2.07. The summed E-state index contributed by atoms with van der Waals surface area (Å²) in [6, 6.07) is 13.7. The van der Waals surface area contributed by atoms with Crippen LogP contribution in [0.15, 0.2) is 42.5 Å². The SMILES string of the molecule is CCCc1cccc(-c2ccc(Cl)cc2C=O)c1. The molecule has 0 spiro atoms. The molecule has 1 nitrogen and oxygen atoms in total. The molecule has 0 saturated carbocycles. The van der Waals surface area contributed by atoms with Crippen LogP contribution in [-0.2, 0) is 6.42 Å². The molecule has 0 atom stereocenters. The lowest BCUT2D eigenvalue weighted by Crippen LogP contribution is -1.89. The zero-order valence-corrected chi connectivity index (χ0v) is 11.1. The van der Waals surface area contributed by atoms with Crippen LogP contribution in [0, 0.1) is 0 Å². The van der Waals surface area contributed by atoms with Crippen molar-refractivity contribution in [1.29, 1.82) is 0 Å². The zero-order valence-electron chi connectivity index (χ0n) is 10.3. The molecule has 0 radical (unpaired) electrons. The van der Waals surface area contributed by atoms with E-state index in [1.165, 1.54) is 5.56 Å². The Morgan fingerprint density at radius 2 is 2.00 bits per heavy atom. The number of halogens is 1. The summed E-state index contributed by atoms with van der Waals surface area (Å²) in [6.45, 7) is 2.16. The molecule has 0 aliphatic carbocycles. The van der Waals surface area contributed by atoms with Crippen molar-refractivity contribution >= 4 is 17.9 Å². The van der Waals surface area contributed by atoms with Crippen LogP contribution in [0.2, 0.25) is 5.02 Å². The predicted molar refractivity (Wildman–Crippen MR) is 76.3 cm³/mol. The monoisotopic (exact) mass is 258 g/mol. The van der Waals surface area contributed by atoms with Crippen molar-refractivity contribution in [1.82, 2.24) is 0 Å². The number of aryl methyl sites for hydroxylation is 1. The Balaban J connectivity index is 2.47. The molecule has 18 heavy (non-hydrogen) atoms. The summed E-state index contributed by atoms with van der Waals surface area (Å²) in [6.07, 6.45) is 3.02. The van der Waals surface area contributed by atoms with Crippen LogP contribution in [0.4, 0.5) is 0 Å². The van der Waals surface area contributed by atoms with Gasteiger partial charge in [0.1, 0.15) is 0 Å². The van der Waals surface area contributed by atoms with E-state index in [1.54, 1.807) is 6.07 Å². The maximum absolute atomic E-state index is 11.1. The van der Waals surface area contributed by atoms with Crippen LogP contribution in [-0.4, -0.2) is 6.29 Å². The van der Waals surface area contributed by atoms with Crippen molar-refractivity contribution in [3.8, 4) is 11.1 Å². The zero-order chi connectivity index (χ0) is 13.0. The summed E-state index contributed by atoms with van der Waals surface area (Å²) in [5.74, 6) is 0. The Kier molecular flexibility index (Phi) is 4.16. The fourth-order valence-electron chi connectivity index (χ4n) is 2.08. The van der Waals surface area contributed by atoms with Gasteiger partial charge in [0, 0.05) is 10.6 Å². The second-order valence-corrected chi connectivity index (χ2v) is 4.74. The Labute approximate surface area is 112 Å². The molecule has 0 aromatic heterocycles. The van der Waals surface area contributed by atoms with Crippen molar-refractivity contribution in [3.05, 3.63) is 58.6 Å². The van der Waals surface area contributed by atoms with Crippen LogP contribution >= 0.6 is 11.6 Å². The average Bonchev–Trinajstić information content (AvgIpc) is 2.39. The number of carbonyl (C=O) groups is 1. The Morgan fingerprint density at radius 1 is 1.17 bits per heavy atom. The third-order valence-corrected chi connectivity index (χ3v) is 3.15. The van der Waals surface area contributed by atoms with E-state index in [2.05, 4.69) is 19.1 Å². The van der Waals surface area contributed by atoms with E-state index in [-0.39, 0.29) is 0 Å². The summed E-state index contributed by atoms with van der Waals surface area (Å²) < 4.78 is 0. The van der Waals surface area contributed by atoms with Crippen molar-refractivity contribution in [2.24, 2.45) is 0 Å². The lowest BCUT2D eigenvalue weighted by molar-refractivity contribution is 0.112. The molecule has 0 heterocycles. The third-order valence-electron chi connectivity index (χ3n) is 2.92. The highest BCUT2D eigenvalue weighted by molar-refractivity contribution is 6.31. The predicted octanol–water partition coefficient (Wildman–Crippen LogP) is 4.77. The maximum Gasteiger partial charge on any atom is 0.150 e. The van der Waals surface area contributed by atoms with E-state index in [0.29, 0.717) is 10.6 Å². The number of aldehydes is 1. The molecule has 0 fully saturated rings. The van der Waals surface area contributed by atoms with E-state index in [4.69, 9.17) is 11.6 Å². The molecule has 0 amide bonds. The average molecular weight is 259 g/mol. The lowest BCUT2D eigenvalue weighted by atomic mass is 9.97. The molecule has 2 heteroatoms. The van der Waals surface area contributed by atoms with Crippen molar-refractivity contribution < 1.29 is 4.79 Å². The van der Waals surface area contributed by atoms with Gasteiger partial charge in [0.05, 0.1) is 0 Å². The first-order valence-electron chi connectivity index (χ1n) is 6.08. The number of benzene rings is 2. The van der Waals surface area contributed by atoms with E-state index in [1.807, 2.05) is 24.3 Å². The van der Waals surface area contributed by atoms with Crippen molar-refractivity contribution in [2.75, 3.05) is 0 Å². The van der Waals surface area contributed by atoms with Crippen LogP contribution < -0.4 is 0 Å². The smallest absolute Gasteiger partial charge is 0.150 e. The molecule has 0 bridgehead atoms. The van der Waals surface area contributed by atoms with Crippen LogP contribution in [0.25, 0.3) is 11.1 Å². The van der Waals surface area contributed by atoms with E-state index >= 15 is 0 Å². The first-order chi connectivity index (χ1) is 8.74. The van der Waals surface area contributed by atoms with Gasteiger partial charge in [-0.15, -0.1) is 0 Å². The summed E-state index contributed by atoms with van der Waals surface area (Å²) in [5.41, 5.74) is 3.94. The number of hydrogen-bond donors (Lipinski definition) is 0. The molecule has 92 valence electrons. The number of hydrogen-bond acceptors (Lipinski definition) is 1. The molecule has 0 aliphatic heterocycles. The summed E-state index contributed by atoms with van der Waals surface area (Å²) in [7, 11) is 0. The standard InChI is InChI=1S/C16H15ClO/c1-2-4-12-5-3-6-13(9-12)16-8-7-15(17)10-14(16)11-18/h3,5-11H,2,4H2,1H3. The van der Waals surface area contributed by atoms with Crippen LogP contribution in [0.1, 0.15) is 29.3 Å². The fraction of sp³-hybridized carbons (Fsp3) is 0.188. The van der Waals surface area contributed by atoms with E-state index < -0.39 is 0 Å². The van der Waals surface area contributed by atoms with Crippen LogP contribution in [0.5, 0.6) is 0 Å². The molecule has 0 saturated heterocycles. The van der Waals surface area contributed by atoms with Crippen molar-refractivity contribution in [2.45, 2.75) is 19.8 Å². The van der Waals surface area contributed by atoms with Gasteiger partial charge in [-0.3, -0.25) is 4.79 Å². The molecule has 0 unspecified atom stereocenters. The van der Waals surface area contributed by atoms with Gasteiger partial charge in [-0.2, -0.15) is 0 Å². The highest BCUT2D eigenvalue weighted by atomic mass is 35.5. The number of carbonyl (C=O) groups excluding carboxylic acids is 1. The molecular weight excluding hydrogens is 244 g/mol. The fourth-order valence-corrected chi connectivity index (χ4v) is 2.26. The Morgan fingerprint density at radius 3 is 2.72 bits per heavy atom. The minimum Gasteiger partial charge on any atom is -0.298 e. The van der Waals surface area contributed by atoms with Gasteiger partial charge in [-0.1, -0.05) is 55.3 Å². The van der Waals surface area contributed by atoms with Gasteiger partial charge in [-0.05, 0) is 35.2 Å². The summed E-state index contributed by atoms with van der Waals surface area (Å²) >= 11 is 5.91. The van der Waals surface area contributed by atoms with E-state index in [0.717, 1.165) is 30.3 Å². The first-order valence-corrected chi connectivity index (χ1v) is 6.46. The Hall–Kier alpha value is -1.60. The minimum absolute atomic E-state index is 0.588. The third kappa shape index (κ3) is 2.80. The quantitative estimate of drug-likeness (QED) is 0.722. The van der Waals surface area contributed by atoms with Gasteiger partial charge in [0.25, 0.3) is 0 Å². The molecule has 2 aromatic carbocycles. The topological polar surface area (TPSA) is 17.1 Å². The maximum atomic E-state index is 11.1. The molecular formula is C16H15ClO. The van der Waals surface area contributed by atoms with Crippen LogP contribution in [0.3, 0.4) is 0 Å². The minimum atomic E-state index is 0.588. The van der Waals surface area contributed by atoms with Gasteiger partial charge in [0.2, 0.25) is 0 Å². The Bertz CT molecular complexity index is 561. The highest BCUT2D eigenvalue weighted by Crippen LogP contribution is 2.26. The largest absolute Gasteiger partial charge is 0.298 e. The summed E-state index contributed by atoms with van der Waals surface area (Å²) in [5, 5.41) is 0.588. The highest BCUT2D eigenvalue weighted by Gasteiger charge is 2.06. The van der Waals surface area contributed by atoms with Gasteiger partial charge in [-0.25, -0.2) is 0 Å². The van der Waals surface area contributed by atoms with Gasteiger partial charge >= 0.3 is 0 Å². The summed E-state index contributed by atoms with van der Waals surface area (Å²) in [4.78, 5) is 11.1. The second-order valence-electron chi connectivity index (χ2n) is 4.30. The normalized spacial score (nSPS) is 10.3. The number of rotatable bonds is 4. The molecule has 0 aliphatic rings. The van der Waals surface area contributed by atoms with Crippen molar-refractivity contribution in [3.63, 3.8) is 0 Å². The van der Waals surface area contributed by atoms with Gasteiger partial charge < -0.3 is 0 Å². The second kappa shape index (κ2) is 5.83. The van der Waals surface area contributed by atoms with Gasteiger partial charge in [0.15, 0.2) is 6.29 Å². The first kappa shape index (κ1) is 12.8. The molecule has 0 N–H and O–H groups in total. The molecule has 2 rings (SSSR count). The van der Waals surface area contributed by atoms with E-state index in [9.17, 15) is 4.79 Å².